The van der Waals surface area contributed by atoms with E-state index in [0.29, 0.717) is 5.82 Å². The minimum Gasteiger partial charge on any atom is -0.497 e. The molecule has 0 aliphatic carbocycles. The van der Waals surface area contributed by atoms with Crippen LogP contribution in [0.1, 0.15) is 12.8 Å². The van der Waals surface area contributed by atoms with Gasteiger partial charge < -0.3 is 14.4 Å². The van der Waals surface area contributed by atoms with E-state index < -0.39 is 0 Å². The van der Waals surface area contributed by atoms with E-state index in [-0.39, 0.29) is 6.10 Å². The van der Waals surface area contributed by atoms with Gasteiger partial charge in [-0.3, -0.25) is 4.98 Å². The highest BCUT2D eigenvalue weighted by Crippen LogP contribution is 2.23. The number of methoxy groups -OCH3 is 1. The Morgan fingerprint density at radius 3 is 2.38 bits per heavy atom. The normalized spacial score (nSPS) is 15.0. The molecule has 0 N–H and O–H groups in total. The van der Waals surface area contributed by atoms with Crippen LogP contribution in [0.5, 0.6) is 11.5 Å². The number of rotatable bonds is 5. The average molecular weight is 352 g/mol. The van der Waals surface area contributed by atoms with Crippen LogP contribution in [0.2, 0.25) is 0 Å². The molecule has 0 atom stereocenters. The fraction of sp³-hybridized carbons (Fsp3) is 0.333. The molecule has 0 saturated carbocycles. The van der Waals surface area contributed by atoms with Gasteiger partial charge >= 0.3 is 0 Å². The van der Waals surface area contributed by atoms with Gasteiger partial charge in [0.15, 0.2) is 5.82 Å². The summed E-state index contributed by atoms with van der Waals surface area (Å²) in [6.45, 7) is 1.74. The lowest BCUT2D eigenvalue weighted by Crippen LogP contribution is -2.38. The highest BCUT2D eigenvalue weighted by molar-refractivity contribution is 5.39. The monoisotopic (exact) mass is 352 g/mol. The number of ether oxygens (including phenoxy) is 2. The van der Waals surface area contributed by atoms with Gasteiger partial charge in [-0.1, -0.05) is 0 Å². The van der Waals surface area contributed by atoms with Crippen LogP contribution in [0.3, 0.4) is 0 Å². The van der Waals surface area contributed by atoms with Crippen molar-refractivity contribution in [2.24, 2.45) is 0 Å². The molecule has 3 aromatic rings. The molecule has 2 aromatic heterocycles. The maximum atomic E-state index is 6.08. The minimum atomic E-state index is 0.200. The van der Waals surface area contributed by atoms with Crippen molar-refractivity contribution >= 4 is 5.82 Å². The van der Waals surface area contributed by atoms with E-state index in [0.717, 1.165) is 43.2 Å². The number of benzene rings is 1. The van der Waals surface area contributed by atoms with Crippen molar-refractivity contribution in [2.75, 3.05) is 25.1 Å². The van der Waals surface area contributed by atoms with E-state index in [1.54, 1.807) is 30.5 Å². The van der Waals surface area contributed by atoms with E-state index in [1.807, 2.05) is 24.3 Å². The zero-order chi connectivity index (χ0) is 17.8. The lowest BCUT2D eigenvalue weighted by molar-refractivity contribution is 0.170. The molecular weight excluding hydrogens is 332 g/mol. The molecule has 0 bridgehead atoms. The molecule has 4 rings (SSSR count). The standard InChI is InChI=1S/C18H20N6O2/c1-25-14-2-4-15(5-3-14)26-16-6-8-23(9-7-16)17-10-19-11-18(22-17)24-13-20-12-21-24/h2-5,10-13,16H,6-9H2,1H3. The molecule has 8 nitrogen and oxygen atoms in total. The van der Waals surface area contributed by atoms with Crippen molar-refractivity contribution < 1.29 is 9.47 Å². The smallest absolute Gasteiger partial charge is 0.175 e. The SMILES string of the molecule is COc1ccc(OC2CCN(c3cncc(-n4cncn4)n3)CC2)cc1. The summed E-state index contributed by atoms with van der Waals surface area (Å²) in [7, 11) is 1.66. The van der Waals surface area contributed by atoms with E-state index in [1.165, 1.54) is 6.33 Å². The number of piperidine rings is 1. The molecule has 0 unspecified atom stereocenters. The Labute approximate surface area is 151 Å². The quantitative estimate of drug-likeness (QED) is 0.696. The minimum absolute atomic E-state index is 0.200. The second-order valence-electron chi connectivity index (χ2n) is 6.06. The molecular formula is C18H20N6O2. The highest BCUT2D eigenvalue weighted by Gasteiger charge is 2.22. The fourth-order valence-electron chi connectivity index (χ4n) is 2.98. The van der Waals surface area contributed by atoms with E-state index in [2.05, 4.69) is 25.0 Å². The molecule has 1 fully saturated rings. The average Bonchev–Trinajstić information content (AvgIpc) is 3.24. The first-order valence-electron chi connectivity index (χ1n) is 8.54. The topological polar surface area (TPSA) is 78.2 Å². The van der Waals surface area contributed by atoms with E-state index in [4.69, 9.17) is 9.47 Å². The zero-order valence-electron chi connectivity index (χ0n) is 14.5. The van der Waals surface area contributed by atoms with Gasteiger partial charge in [0.05, 0.1) is 19.5 Å². The van der Waals surface area contributed by atoms with Crippen LogP contribution >= 0.6 is 0 Å². The number of nitrogens with zero attached hydrogens (tertiary/aromatic N) is 6. The molecule has 1 aliphatic rings. The van der Waals surface area contributed by atoms with Crippen LogP contribution in [0.15, 0.2) is 49.3 Å². The molecule has 134 valence electrons. The third kappa shape index (κ3) is 3.58. The van der Waals surface area contributed by atoms with Crippen molar-refractivity contribution in [1.82, 2.24) is 24.7 Å². The van der Waals surface area contributed by atoms with Crippen LogP contribution in [0, 0.1) is 0 Å². The number of hydrogen-bond donors (Lipinski definition) is 0. The Bertz CT molecular complexity index is 829. The van der Waals surface area contributed by atoms with Crippen LogP contribution in [0.25, 0.3) is 5.82 Å². The fourth-order valence-corrected chi connectivity index (χ4v) is 2.98. The van der Waals surface area contributed by atoms with Crippen molar-refractivity contribution in [3.63, 3.8) is 0 Å². The molecule has 8 heteroatoms. The summed E-state index contributed by atoms with van der Waals surface area (Å²) in [5.41, 5.74) is 0. The zero-order valence-corrected chi connectivity index (χ0v) is 14.5. The summed E-state index contributed by atoms with van der Waals surface area (Å²) >= 11 is 0. The molecule has 26 heavy (non-hydrogen) atoms. The van der Waals surface area contributed by atoms with Gasteiger partial charge in [0.1, 0.15) is 36.1 Å². The van der Waals surface area contributed by atoms with Gasteiger partial charge in [-0.05, 0) is 24.3 Å². The van der Waals surface area contributed by atoms with Gasteiger partial charge in [-0.2, -0.15) is 5.10 Å². The summed E-state index contributed by atoms with van der Waals surface area (Å²) in [6, 6.07) is 7.71. The van der Waals surface area contributed by atoms with Crippen molar-refractivity contribution in [2.45, 2.75) is 18.9 Å². The third-order valence-electron chi connectivity index (χ3n) is 4.39. The molecule has 3 heterocycles. The highest BCUT2D eigenvalue weighted by atomic mass is 16.5. The Kier molecular flexibility index (Phi) is 4.63. The molecule has 1 aromatic carbocycles. The van der Waals surface area contributed by atoms with Crippen molar-refractivity contribution in [3.8, 4) is 17.3 Å². The maximum absolute atomic E-state index is 6.08. The second-order valence-corrected chi connectivity index (χ2v) is 6.06. The maximum Gasteiger partial charge on any atom is 0.175 e. The van der Waals surface area contributed by atoms with Crippen LogP contribution in [0.4, 0.5) is 5.82 Å². The third-order valence-corrected chi connectivity index (χ3v) is 4.39. The van der Waals surface area contributed by atoms with Crippen LogP contribution in [-0.4, -0.2) is 51.0 Å². The van der Waals surface area contributed by atoms with Gasteiger partial charge in [0.25, 0.3) is 0 Å². The molecule has 1 aliphatic heterocycles. The Morgan fingerprint density at radius 2 is 1.69 bits per heavy atom. The largest absolute Gasteiger partial charge is 0.497 e. The summed E-state index contributed by atoms with van der Waals surface area (Å²) < 4.78 is 12.9. The summed E-state index contributed by atoms with van der Waals surface area (Å²) in [6.07, 6.45) is 8.62. The summed E-state index contributed by atoms with van der Waals surface area (Å²) in [5.74, 6) is 3.22. The molecule has 0 amide bonds. The summed E-state index contributed by atoms with van der Waals surface area (Å²) in [4.78, 5) is 15.1. The first-order valence-corrected chi connectivity index (χ1v) is 8.54. The first kappa shape index (κ1) is 16.3. The van der Waals surface area contributed by atoms with Gasteiger partial charge in [-0.15, -0.1) is 0 Å². The summed E-state index contributed by atoms with van der Waals surface area (Å²) in [5, 5.41) is 4.10. The molecule has 0 radical (unpaired) electrons. The first-order chi connectivity index (χ1) is 12.8. The van der Waals surface area contributed by atoms with E-state index in [9.17, 15) is 0 Å². The van der Waals surface area contributed by atoms with Gasteiger partial charge in [0.2, 0.25) is 0 Å². The van der Waals surface area contributed by atoms with Crippen molar-refractivity contribution in [1.29, 1.82) is 0 Å². The van der Waals surface area contributed by atoms with Crippen molar-refractivity contribution in [3.05, 3.63) is 49.3 Å². The van der Waals surface area contributed by atoms with Gasteiger partial charge in [0, 0.05) is 25.9 Å². The molecule has 0 spiro atoms. The van der Waals surface area contributed by atoms with Crippen LogP contribution < -0.4 is 14.4 Å². The lowest BCUT2D eigenvalue weighted by Gasteiger charge is -2.32. The number of aromatic nitrogens is 5. The predicted octanol–water partition coefficient (Wildman–Crippen LogP) is 2.11. The van der Waals surface area contributed by atoms with E-state index >= 15 is 0 Å². The molecule has 1 saturated heterocycles. The number of hydrogen-bond acceptors (Lipinski definition) is 7. The Balaban J connectivity index is 1.36. The lowest BCUT2D eigenvalue weighted by atomic mass is 10.1. The van der Waals surface area contributed by atoms with Crippen LogP contribution in [-0.2, 0) is 0 Å². The number of anilines is 1. The predicted molar refractivity (Wildman–Crippen MR) is 95.8 cm³/mol. The Morgan fingerprint density at radius 1 is 0.962 bits per heavy atom. The Hall–Kier alpha value is -3.16. The van der Waals surface area contributed by atoms with Gasteiger partial charge in [-0.25, -0.2) is 14.6 Å². The second kappa shape index (κ2) is 7.38.